The van der Waals surface area contributed by atoms with Crippen molar-refractivity contribution in [2.24, 2.45) is 0 Å². The van der Waals surface area contributed by atoms with E-state index in [0.717, 1.165) is 7.11 Å². The Balaban J connectivity index is 5.16. The lowest BCUT2D eigenvalue weighted by Gasteiger charge is -2.46. The van der Waals surface area contributed by atoms with Crippen LogP contribution in [0.15, 0.2) is 0 Å². The minimum Gasteiger partial charge on any atom is -0.810 e. The van der Waals surface area contributed by atoms with Gasteiger partial charge in [-0.15, -0.1) is 0 Å². The Morgan fingerprint density at radius 2 is 1.77 bits per heavy atom. The molecule has 0 bridgehead atoms. The van der Waals surface area contributed by atoms with Crippen molar-refractivity contribution in [1.82, 2.24) is 0 Å². The summed E-state index contributed by atoms with van der Waals surface area (Å²) in [6.07, 6.45) is -0.110. The Bertz CT molecular complexity index is 227. The second-order valence-electron chi connectivity index (χ2n) is 2.73. The molecule has 0 aromatic rings. The Morgan fingerprint density at radius 3 is 1.85 bits per heavy atom. The van der Waals surface area contributed by atoms with Crippen molar-refractivity contribution in [3.63, 3.8) is 0 Å². The Kier molecular flexibility index (Phi) is 4.10. The highest BCUT2D eigenvalue weighted by atomic mass is 31.2. The fraction of sp³-hybridized carbons (Fsp3) is 0.857. The molecule has 0 aromatic carbocycles. The lowest BCUT2D eigenvalue weighted by molar-refractivity contribution is -0.320. The first kappa shape index (κ1) is 12.6. The molecule has 0 aliphatic rings. The van der Waals surface area contributed by atoms with Crippen LogP contribution in [0.2, 0.25) is 0 Å². The molecule has 0 radical (unpaired) electrons. The zero-order valence-corrected chi connectivity index (χ0v) is 8.80. The third-order valence-electron chi connectivity index (χ3n) is 2.26. The SMILES string of the molecule is CCC(CC)(C(=O)OC)P(=O)([O-])[O-]. The van der Waals surface area contributed by atoms with E-state index in [4.69, 9.17) is 0 Å². The summed E-state index contributed by atoms with van der Waals surface area (Å²) in [5, 5.41) is -1.89. The van der Waals surface area contributed by atoms with Gasteiger partial charge in [0.25, 0.3) is 0 Å². The highest BCUT2D eigenvalue weighted by Gasteiger charge is 2.39. The van der Waals surface area contributed by atoms with Crippen LogP contribution in [0.1, 0.15) is 26.7 Å². The van der Waals surface area contributed by atoms with Gasteiger partial charge >= 0.3 is 5.97 Å². The molecule has 0 heterocycles. The fourth-order valence-corrected chi connectivity index (χ4v) is 2.32. The molecule has 13 heavy (non-hydrogen) atoms. The monoisotopic (exact) mass is 208 g/mol. The molecule has 0 unspecified atom stereocenters. The molecule has 0 atom stereocenters. The molecule has 0 amide bonds. The summed E-state index contributed by atoms with van der Waals surface area (Å²) in [4.78, 5) is 32.9. The number of hydrogen-bond acceptors (Lipinski definition) is 5. The fourth-order valence-electron chi connectivity index (χ4n) is 1.23. The van der Waals surface area contributed by atoms with Gasteiger partial charge in [0.15, 0.2) is 0 Å². The Hall–Kier alpha value is -0.380. The van der Waals surface area contributed by atoms with Crippen LogP contribution in [-0.2, 0) is 14.1 Å². The summed E-state index contributed by atoms with van der Waals surface area (Å²) in [6, 6.07) is 0. The zero-order chi connectivity index (χ0) is 10.7. The Morgan fingerprint density at radius 1 is 1.38 bits per heavy atom. The summed E-state index contributed by atoms with van der Waals surface area (Å²) in [7, 11) is -3.89. The van der Waals surface area contributed by atoms with Crippen molar-refractivity contribution in [2.45, 2.75) is 31.8 Å². The van der Waals surface area contributed by atoms with Gasteiger partial charge in [0, 0.05) is 0 Å². The minimum atomic E-state index is -4.95. The van der Waals surface area contributed by atoms with E-state index in [0.29, 0.717) is 0 Å². The van der Waals surface area contributed by atoms with Gasteiger partial charge in [-0.25, -0.2) is 0 Å². The molecule has 0 aromatic heterocycles. The maximum atomic E-state index is 11.1. The van der Waals surface area contributed by atoms with Crippen LogP contribution >= 0.6 is 7.60 Å². The summed E-state index contributed by atoms with van der Waals surface area (Å²) >= 11 is 0. The molecule has 0 saturated carbocycles. The first-order valence-corrected chi connectivity index (χ1v) is 5.50. The minimum absolute atomic E-state index is 0.0551. The predicted octanol–water partition coefficient (Wildman–Crippen LogP) is -0.368. The average Bonchev–Trinajstić information content (AvgIpc) is 2.04. The van der Waals surface area contributed by atoms with Crippen LogP contribution in [0, 0.1) is 0 Å². The maximum absolute atomic E-state index is 11.1. The lowest BCUT2D eigenvalue weighted by Crippen LogP contribution is -2.45. The number of rotatable bonds is 4. The summed E-state index contributed by atoms with van der Waals surface area (Å²) in [5.74, 6) is -0.967. The summed E-state index contributed by atoms with van der Waals surface area (Å²) in [6.45, 7) is 2.95. The quantitative estimate of drug-likeness (QED) is 0.464. The van der Waals surface area contributed by atoms with Crippen LogP contribution in [0.25, 0.3) is 0 Å². The second kappa shape index (κ2) is 4.22. The van der Waals surface area contributed by atoms with E-state index < -0.39 is 18.7 Å². The first-order chi connectivity index (χ1) is 5.85. The third-order valence-corrected chi connectivity index (χ3v) is 4.12. The van der Waals surface area contributed by atoms with Crippen LogP contribution < -0.4 is 9.79 Å². The normalized spacial score (nSPS) is 12.7. The number of carbonyl (C=O) groups excluding carboxylic acids is 1. The number of carbonyl (C=O) groups is 1. The van der Waals surface area contributed by atoms with Gasteiger partial charge < -0.3 is 19.1 Å². The van der Waals surface area contributed by atoms with Crippen LogP contribution in [0.3, 0.4) is 0 Å². The standard InChI is InChI=1S/C7H15O5P/c1-4-7(5-2,6(8)12-3)13(9,10)11/h4-5H2,1-3H3,(H2,9,10,11)/p-2. The van der Waals surface area contributed by atoms with Gasteiger partial charge in [-0.3, -0.25) is 4.79 Å². The largest absolute Gasteiger partial charge is 0.810 e. The smallest absolute Gasteiger partial charge is 0.316 e. The van der Waals surface area contributed by atoms with E-state index in [1.807, 2.05) is 0 Å². The topological polar surface area (TPSA) is 89.5 Å². The van der Waals surface area contributed by atoms with Gasteiger partial charge in [-0.2, -0.15) is 0 Å². The van der Waals surface area contributed by atoms with E-state index in [2.05, 4.69) is 4.74 Å². The molecule has 0 rings (SSSR count). The van der Waals surface area contributed by atoms with Gasteiger partial charge in [-0.05, 0) is 20.4 Å². The van der Waals surface area contributed by atoms with Crippen molar-refractivity contribution in [2.75, 3.05) is 7.11 Å². The second-order valence-corrected chi connectivity index (χ2v) is 4.58. The number of methoxy groups -OCH3 is 1. The molecule has 78 valence electrons. The summed E-state index contributed by atoms with van der Waals surface area (Å²) in [5.41, 5.74) is 0. The molecular formula is C7H13O5P-2. The van der Waals surface area contributed by atoms with E-state index in [1.165, 1.54) is 13.8 Å². The van der Waals surface area contributed by atoms with Crippen molar-refractivity contribution >= 4 is 13.6 Å². The highest BCUT2D eigenvalue weighted by Crippen LogP contribution is 2.48. The van der Waals surface area contributed by atoms with E-state index in [-0.39, 0.29) is 12.8 Å². The number of esters is 1. The van der Waals surface area contributed by atoms with Crippen LogP contribution in [0.4, 0.5) is 0 Å². The van der Waals surface area contributed by atoms with E-state index in [1.54, 1.807) is 0 Å². The molecule has 0 aliphatic carbocycles. The average molecular weight is 208 g/mol. The van der Waals surface area contributed by atoms with Gasteiger partial charge in [0.05, 0.1) is 12.3 Å². The zero-order valence-electron chi connectivity index (χ0n) is 7.90. The first-order valence-electron chi connectivity index (χ1n) is 3.96. The summed E-state index contributed by atoms with van der Waals surface area (Å²) < 4.78 is 15.2. The predicted molar refractivity (Wildman–Crippen MR) is 42.9 cm³/mol. The molecule has 0 fully saturated rings. The van der Waals surface area contributed by atoms with Crippen LogP contribution in [-0.4, -0.2) is 18.2 Å². The molecular weight excluding hydrogens is 195 g/mol. The molecule has 0 N–H and O–H groups in total. The maximum Gasteiger partial charge on any atom is 0.316 e. The highest BCUT2D eigenvalue weighted by molar-refractivity contribution is 7.51. The molecule has 6 heteroatoms. The number of ether oxygens (including phenoxy) is 1. The number of hydrogen-bond donors (Lipinski definition) is 0. The van der Waals surface area contributed by atoms with Crippen molar-refractivity contribution in [3.05, 3.63) is 0 Å². The van der Waals surface area contributed by atoms with Gasteiger partial charge in [0.2, 0.25) is 0 Å². The van der Waals surface area contributed by atoms with E-state index >= 15 is 0 Å². The lowest BCUT2D eigenvalue weighted by atomic mass is 10.0. The van der Waals surface area contributed by atoms with Gasteiger partial charge in [0.1, 0.15) is 0 Å². The van der Waals surface area contributed by atoms with Crippen LogP contribution in [0.5, 0.6) is 0 Å². The molecule has 0 aliphatic heterocycles. The van der Waals surface area contributed by atoms with Crippen molar-refractivity contribution in [3.8, 4) is 0 Å². The molecule has 0 saturated heterocycles. The third kappa shape index (κ3) is 2.10. The van der Waals surface area contributed by atoms with E-state index in [9.17, 15) is 19.1 Å². The van der Waals surface area contributed by atoms with Gasteiger partial charge in [-0.1, -0.05) is 13.8 Å². The molecule has 5 nitrogen and oxygen atoms in total. The Labute approximate surface area is 77.3 Å². The van der Waals surface area contributed by atoms with Crippen molar-refractivity contribution in [1.29, 1.82) is 0 Å². The molecule has 0 spiro atoms. The van der Waals surface area contributed by atoms with Crippen molar-refractivity contribution < 1.29 is 23.9 Å².